The molecule has 1 fully saturated rings. The molecule has 1 unspecified atom stereocenters. The first-order valence-electron chi connectivity index (χ1n) is 11.5. The van der Waals surface area contributed by atoms with Gasteiger partial charge in [0.1, 0.15) is 0 Å². The van der Waals surface area contributed by atoms with Gasteiger partial charge in [0, 0.05) is 18.0 Å². The molecule has 2 aliphatic rings. The number of carbonyl (C=O) groups excluding carboxylic acids is 2. The Hall–Kier alpha value is -2.23. The van der Waals surface area contributed by atoms with Crippen LogP contribution in [0.5, 0.6) is 0 Å². The molecule has 4 rings (SSSR count). The molecule has 2 heterocycles. The molecule has 1 aliphatic heterocycles. The zero-order valence-corrected chi connectivity index (χ0v) is 20.4. The first-order chi connectivity index (χ1) is 15.8. The van der Waals surface area contributed by atoms with E-state index in [4.69, 9.17) is 4.74 Å². The summed E-state index contributed by atoms with van der Waals surface area (Å²) in [6.45, 7) is 2.48. The topological polar surface area (TPSA) is 92.8 Å². The molecule has 1 aliphatic carbocycles. The average molecular weight is 491 g/mol. The van der Waals surface area contributed by atoms with Crippen LogP contribution in [0.1, 0.15) is 48.6 Å². The Labute approximate surface area is 199 Å². The maximum atomic E-state index is 13.1. The monoisotopic (exact) mass is 490 g/mol. The number of fused-ring (bicyclic) bond motifs is 1. The van der Waals surface area contributed by atoms with E-state index in [-0.39, 0.29) is 19.0 Å². The lowest BCUT2D eigenvalue weighted by atomic mass is 9.92. The van der Waals surface area contributed by atoms with Crippen LogP contribution in [0.15, 0.2) is 40.6 Å². The number of benzene rings is 1. The van der Waals surface area contributed by atoms with Crippen LogP contribution >= 0.6 is 11.3 Å². The number of ether oxygens (including phenoxy) is 1. The quantitative estimate of drug-likeness (QED) is 0.602. The van der Waals surface area contributed by atoms with E-state index >= 15 is 0 Å². The summed E-state index contributed by atoms with van der Waals surface area (Å²) in [5.41, 5.74) is 2.38. The lowest BCUT2D eigenvalue weighted by Gasteiger charge is -2.31. The molecule has 0 radical (unpaired) electrons. The fourth-order valence-electron chi connectivity index (χ4n) is 4.41. The summed E-state index contributed by atoms with van der Waals surface area (Å²) >= 11 is 1.54. The van der Waals surface area contributed by atoms with E-state index < -0.39 is 28.0 Å². The van der Waals surface area contributed by atoms with Gasteiger partial charge in [-0.15, -0.1) is 11.3 Å². The lowest BCUT2D eigenvalue weighted by molar-refractivity contribution is -0.159. The molecule has 1 N–H and O–H groups in total. The molecule has 0 spiro atoms. The Kier molecular flexibility index (Phi) is 7.51. The minimum atomic E-state index is -3.59. The summed E-state index contributed by atoms with van der Waals surface area (Å²) < 4.78 is 33.1. The zero-order chi connectivity index (χ0) is 23.4. The van der Waals surface area contributed by atoms with E-state index in [1.165, 1.54) is 9.87 Å². The van der Waals surface area contributed by atoms with Crippen molar-refractivity contribution in [2.24, 2.45) is 5.92 Å². The molecule has 1 amide bonds. The summed E-state index contributed by atoms with van der Waals surface area (Å²) in [5, 5.41) is 4.70. The number of hydrogen-bond acceptors (Lipinski definition) is 6. The lowest BCUT2D eigenvalue weighted by Crippen LogP contribution is -2.42. The van der Waals surface area contributed by atoms with Crippen molar-refractivity contribution >= 4 is 33.2 Å². The Bertz CT molecular complexity index is 1090. The van der Waals surface area contributed by atoms with Crippen molar-refractivity contribution in [2.45, 2.75) is 63.0 Å². The van der Waals surface area contributed by atoms with Gasteiger partial charge in [-0.05, 0) is 80.2 Å². The minimum absolute atomic E-state index is 0.262. The average Bonchev–Trinajstić information content (AvgIpc) is 3.36. The van der Waals surface area contributed by atoms with Crippen molar-refractivity contribution in [3.63, 3.8) is 0 Å². The second kappa shape index (κ2) is 10.4. The molecule has 1 saturated heterocycles. The van der Waals surface area contributed by atoms with Crippen LogP contribution in [-0.2, 0) is 43.7 Å². The normalized spacial score (nSPS) is 18.3. The third kappa shape index (κ3) is 5.65. The van der Waals surface area contributed by atoms with E-state index in [1.54, 1.807) is 24.3 Å². The maximum absolute atomic E-state index is 13.1. The van der Waals surface area contributed by atoms with Crippen molar-refractivity contribution in [1.29, 1.82) is 0 Å². The van der Waals surface area contributed by atoms with Gasteiger partial charge in [0.25, 0.3) is 5.91 Å². The van der Waals surface area contributed by atoms with Gasteiger partial charge in [-0.3, -0.25) is 9.59 Å². The predicted molar refractivity (Wildman–Crippen MR) is 126 cm³/mol. The van der Waals surface area contributed by atoms with Crippen molar-refractivity contribution in [3.8, 4) is 0 Å². The Morgan fingerprint density at radius 1 is 1.15 bits per heavy atom. The third-order valence-electron chi connectivity index (χ3n) is 6.42. The Morgan fingerprint density at radius 3 is 2.58 bits per heavy atom. The van der Waals surface area contributed by atoms with Gasteiger partial charge in [-0.2, -0.15) is 4.31 Å². The summed E-state index contributed by atoms with van der Waals surface area (Å²) in [7, 11) is -3.59. The molecule has 2 aromatic rings. The van der Waals surface area contributed by atoms with Gasteiger partial charge < -0.3 is 10.1 Å². The van der Waals surface area contributed by atoms with Crippen LogP contribution in [0.4, 0.5) is 0 Å². The molecule has 178 valence electrons. The van der Waals surface area contributed by atoms with Crippen LogP contribution in [0.3, 0.4) is 0 Å². The highest BCUT2D eigenvalue weighted by Gasteiger charge is 2.34. The predicted octanol–water partition coefficient (Wildman–Crippen LogP) is 3.28. The van der Waals surface area contributed by atoms with E-state index in [0.717, 1.165) is 36.1 Å². The van der Waals surface area contributed by atoms with E-state index in [0.29, 0.717) is 24.3 Å². The highest BCUT2D eigenvalue weighted by molar-refractivity contribution is 7.89. The second-order valence-electron chi connectivity index (χ2n) is 8.69. The number of carbonyl (C=O) groups is 2. The molecule has 33 heavy (non-hydrogen) atoms. The van der Waals surface area contributed by atoms with Crippen LogP contribution in [0.2, 0.25) is 0 Å². The van der Waals surface area contributed by atoms with Crippen molar-refractivity contribution in [1.82, 2.24) is 9.62 Å². The number of esters is 1. The number of piperidine rings is 1. The van der Waals surface area contributed by atoms with Gasteiger partial charge in [-0.1, -0.05) is 12.1 Å². The summed E-state index contributed by atoms with van der Waals surface area (Å²) in [4.78, 5) is 26.1. The number of thiophene rings is 1. The third-order valence-corrected chi connectivity index (χ3v) is 9.20. The molecular weight excluding hydrogens is 460 g/mol. The van der Waals surface area contributed by atoms with Gasteiger partial charge in [0.2, 0.25) is 10.0 Å². The smallest absolute Gasteiger partial charge is 0.309 e. The standard InChI is InChI=1S/C24H30N2O5S2/c1-17(23(27)25-16-21-7-4-14-32-21)31-24(28)19-10-12-26(13-11-19)33(29,30)22-9-8-18-5-2-3-6-20(18)15-22/h4,7-9,14-15,17,19H,2-3,5-6,10-13,16H2,1H3,(H,25,27). The Balaban J connectivity index is 1.28. The number of sulfonamides is 1. The Morgan fingerprint density at radius 2 is 1.88 bits per heavy atom. The molecular formula is C24H30N2O5S2. The molecule has 0 bridgehead atoms. The molecule has 1 aromatic carbocycles. The highest BCUT2D eigenvalue weighted by atomic mass is 32.2. The highest BCUT2D eigenvalue weighted by Crippen LogP contribution is 2.28. The number of rotatable bonds is 7. The van der Waals surface area contributed by atoms with Crippen molar-refractivity contribution < 1.29 is 22.7 Å². The van der Waals surface area contributed by atoms with Crippen molar-refractivity contribution in [2.75, 3.05) is 13.1 Å². The summed E-state index contributed by atoms with van der Waals surface area (Å²) in [5.74, 6) is -1.20. The van der Waals surface area contributed by atoms with Crippen LogP contribution < -0.4 is 5.32 Å². The van der Waals surface area contributed by atoms with Gasteiger partial charge in [0.05, 0.1) is 17.4 Å². The fraction of sp³-hybridized carbons (Fsp3) is 0.500. The van der Waals surface area contributed by atoms with Gasteiger partial charge in [0.15, 0.2) is 6.10 Å². The fourth-order valence-corrected chi connectivity index (χ4v) is 6.57. The number of amides is 1. The molecule has 9 heteroatoms. The SMILES string of the molecule is CC(OC(=O)C1CCN(S(=O)(=O)c2ccc3c(c2)CCCC3)CC1)C(=O)NCc1cccs1. The molecule has 0 saturated carbocycles. The molecule has 7 nitrogen and oxygen atoms in total. The zero-order valence-electron chi connectivity index (χ0n) is 18.8. The summed E-state index contributed by atoms with van der Waals surface area (Å²) in [6.07, 6.45) is 4.04. The van der Waals surface area contributed by atoms with E-state index in [9.17, 15) is 18.0 Å². The largest absolute Gasteiger partial charge is 0.452 e. The van der Waals surface area contributed by atoms with E-state index in [2.05, 4.69) is 5.32 Å². The van der Waals surface area contributed by atoms with Crippen molar-refractivity contribution in [3.05, 3.63) is 51.7 Å². The first-order valence-corrected chi connectivity index (χ1v) is 13.8. The number of aryl methyl sites for hydroxylation is 2. The molecule has 1 aromatic heterocycles. The summed E-state index contributed by atoms with van der Waals surface area (Å²) in [6, 6.07) is 9.30. The van der Waals surface area contributed by atoms with Gasteiger partial charge >= 0.3 is 5.97 Å². The number of hydrogen-bond donors (Lipinski definition) is 1. The number of nitrogens with one attached hydrogen (secondary N) is 1. The van der Waals surface area contributed by atoms with Crippen LogP contribution in [-0.4, -0.2) is 43.8 Å². The maximum Gasteiger partial charge on any atom is 0.309 e. The first kappa shape index (κ1) is 23.9. The number of nitrogens with zero attached hydrogens (tertiary/aromatic N) is 1. The second-order valence-corrected chi connectivity index (χ2v) is 11.7. The minimum Gasteiger partial charge on any atom is -0.452 e. The molecule has 1 atom stereocenters. The van der Waals surface area contributed by atoms with E-state index in [1.807, 2.05) is 29.6 Å². The van der Waals surface area contributed by atoms with Crippen LogP contribution in [0.25, 0.3) is 0 Å². The van der Waals surface area contributed by atoms with Gasteiger partial charge in [-0.25, -0.2) is 8.42 Å². The van der Waals surface area contributed by atoms with Crippen LogP contribution in [0, 0.1) is 5.92 Å².